The topological polar surface area (TPSA) is 42.7 Å². The summed E-state index contributed by atoms with van der Waals surface area (Å²) in [5.41, 5.74) is 3.68. The normalized spacial score (nSPS) is 12.6. The molecule has 2 heterocycles. The van der Waals surface area contributed by atoms with Gasteiger partial charge in [0.1, 0.15) is 0 Å². The van der Waals surface area contributed by atoms with Gasteiger partial charge in [-0.15, -0.1) is 0 Å². The summed E-state index contributed by atoms with van der Waals surface area (Å²) in [4.78, 5) is 4.53. The third-order valence-electron chi connectivity index (χ3n) is 3.18. The van der Waals surface area contributed by atoms with Crippen molar-refractivity contribution in [1.29, 1.82) is 0 Å². The van der Waals surface area contributed by atoms with Gasteiger partial charge in [0, 0.05) is 19.4 Å². The SMILES string of the molecule is CCc1cccnc1C(Cc1cnn(C)c1)NC. The van der Waals surface area contributed by atoms with Crippen molar-refractivity contribution in [3.05, 3.63) is 47.5 Å². The molecule has 1 unspecified atom stereocenters. The lowest BCUT2D eigenvalue weighted by Gasteiger charge is -2.17. The molecule has 0 aliphatic heterocycles. The predicted molar refractivity (Wildman–Crippen MR) is 72.3 cm³/mol. The van der Waals surface area contributed by atoms with Crippen LogP contribution in [0.25, 0.3) is 0 Å². The van der Waals surface area contributed by atoms with Crippen LogP contribution in [-0.4, -0.2) is 21.8 Å². The minimum atomic E-state index is 0.241. The average molecular weight is 244 g/mol. The highest BCUT2D eigenvalue weighted by Gasteiger charge is 2.15. The van der Waals surface area contributed by atoms with Crippen molar-refractivity contribution < 1.29 is 0 Å². The summed E-state index contributed by atoms with van der Waals surface area (Å²) >= 11 is 0. The van der Waals surface area contributed by atoms with Crippen LogP contribution < -0.4 is 5.32 Å². The van der Waals surface area contributed by atoms with Gasteiger partial charge in [-0.3, -0.25) is 9.67 Å². The zero-order valence-electron chi connectivity index (χ0n) is 11.2. The fourth-order valence-electron chi connectivity index (χ4n) is 2.21. The highest BCUT2D eigenvalue weighted by molar-refractivity contribution is 5.24. The lowest BCUT2D eigenvalue weighted by atomic mass is 10.00. The van der Waals surface area contributed by atoms with Gasteiger partial charge in [-0.05, 0) is 37.1 Å². The Kier molecular flexibility index (Phi) is 4.10. The van der Waals surface area contributed by atoms with Crippen molar-refractivity contribution >= 4 is 0 Å². The minimum Gasteiger partial charge on any atom is -0.311 e. The fraction of sp³-hybridized carbons (Fsp3) is 0.429. The fourth-order valence-corrected chi connectivity index (χ4v) is 2.21. The molecule has 0 saturated heterocycles. The first-order chi connectivity index (χ1) is 8.74. The van der Waals surface area contributed by atoms with Crippen molar-refractivity contribution in [1.82, 2.24) is 20.1 Å². The molecule has 1 atom stereocenters. The second-order valence-electron chi connectivity index (χ2n) is 4.47. The van der Waals surface area contributed by atoms with Gasteiger partial charge in [-0.25, -0.2) is 0 Å². The van der Waals surface area contributed by atoms with Crippen molar-refractivity contribution in [2.24, 2.45) is 7.05 Å². The maximum atomic E-state index is 4.53. The van der Waals surface area contributed by atoms with E-state index in [2.05, 4.69) is 34.6 Å². The first-order valence-corrected chi connectivity index (χ1v) is 6.33. The molecule has 2 aromatic heterocycles. The van der Waals surface area contributed by atoms with E-state index in [1.54, 1.807) is 0 Å². The maximum Gasteiger partial charge on any atom is 0.0608 e. The van der Waals surface area contributed by atoms with Crippen LogP contribution in [0.5, 0.6) is 0 Å². The van der Waals surface area contributed by atoms with Gasteiger partial charge >= 0.3 is 0 Å². The molecular formula is C14H20N4. The molecule has 2 aromatic rings. The van der Waals surface area contributed by atoms with Crippen LogP contribution in [0.1, 0.15) is 29.8 Å². The summed E-state index contributed by atoms with van der Waals surface area (Å²) in [5.74, 6) is 0. The van der Waals surface area contributed by atoms with Crippen molar-refractivity contribution in [3.8, 4) is 0 Å². The van der Waals surface area contributed by atoms with Gasteiger partial charge in [-0.2, -0.15) is 5.10 Å². The van der Waals surface area contributed by atoms with Crippen molar-refractivity contribution in [3.63, 3.8) is 0 Å². The molecule has 4 nitrogen and oxygen atoms in total. The van der Waals surface area contributed by atoms with Crippen LogP contribution in [0.2, 0.25) is 0 Å². The molecule has 1 N–H and O–H groups in total. The molecule has 0 aliphatic rings. The van der Waals surface area contributed by atoms with Crippen LogP contribution in [0.15, 0.2) is 30.7 Å². The molecule has 96 valence electrons. The molecule has 2 rings (SSSR count). The Morgan fingerprint density at radius 1 is 1.44 bits per heavy atom. The van der Waals surface area contributed by atoms with Gasteiger partial charge in [0.05, 0.1) is 17.9 Å². The van der Waals surface area contributed by atoms with Gasteiger partial charge < -0.3 is 5.32 Å². The number of aromatic nitrogens is 3. The third kappa shape index (κ3) is 2.76. The summed E-state index contributed by atoms with van der Waals surface area (Å²) < 4.78 is 1.83. The van der Waals surface area contributed by atoms with Crippen LogP contribution in [-0.2, 0) is 19.9 Å². The monoisotopic (exact) mass is 244 g/mol. The molecule has 0 amide bonds. The molecule has 0 aromatic carbocycles. The largest absolute Gasteiger partial charge is 0.311 e. The quantitative estimate of drug-likeness (QED) is 0.873. The Balaban J connectivity index is 2.22. The van der Waals surface area contributed by atoms with E-state index < -0.39 is 0 Å². The van der Waals surface area contributed by atoms with E-state index in [1.165, 1.54) is 11.1 Å². The minimum absolute atomic E-state index is 0.241. The predicted octanol–water partition coefficient (Wildman–Crippen LogP) is 1.88. The lowest BCUT2D eigenvalue weighted by molar-refractivity contribution is 0.569. The number of nitrogens with zero attached hydrogens (tertiary/aromatic N) is 3. The molecule has 0 radical (unpaired) electrons. The molecule has 4 heteroatoms. The maximum absolute atomic E-state index is 4.53. The molecule has 0 spiro atoms. The van der Waals surface area contributed by atoms with E-state index >= 15 is 0 Å². The first kappa shape index (κ1) is 12.8. The molecule has 0 saturated carbocycles. The van der Waals surface area contributed by atoms with E-state index in [1.807, 2.05) is 37.2 Å². The van der Waals surface area contributed by atoms with Gasteiger partial charge in [0.2, 0.25) is 0 Å². The Bertz CT molecular complexity index is 504. The van der Waals surface area contributed by atoms with E-state index in [4.69, 9.17) is 0 Å². The van der Waals surface area contributed by atoms with E-state index in [9.17, 15) is 0 Å². The Hall–Kier alpha value is -1.68. The number of rotatable bonds is 5. The van der Waals surface area contributed by atoms with Gasteiger partial charge in [0.15, 0.2) is 0 Å². The van der Waals surface area contributed by atoms with Crippen LogP contribution >= 0.6 is 0 Å². The van der Waals surface area contributed by atoms with E-state index in [0.717, 1.165) is 18.5 Å². The second kappa shape index (κ2) is 5.78. The standard InChI is InChI=1S/C14H20N4/c1-4-12-6-5-7-16-14(12)13(15-2)8-11-9-17-18(3)10-11/h5-7,9-10,13,15H,4,8H2,1-3H3. The van der Waals surface area contributed by atoms with Gasteiger partial charge in [-0.1, -0.05) is 13.0 Å². The zero-order chi connectivity index (χ0) is 13.0. The second-order valence-corrected chi connectivity index (χ2v) is 4.47. The lowest BCUT2D eigenvalue weighted by Crippen LogP contribution is -2.21. The molecule has 0 aliphatic carbocycles. The first-order valence-electron chi connectivity index (χ1n) is 6.33. The highest BCUT2D eigenvalue weighted by Crippen LogP contribution is 2.19. The summed E-state index contributed by atoms with van der Waals surface area (Å²) in [7, 11) is 3.92. The summed E-state index contributed by atoms with van der Waals surface area (Å²) in [6, 6.07) is 4.39. The van der Waals surface area contributed by atoms with E-state index in [-0.39, 0.29) is 6.04 Å². The van der Waals surface area contributed by atoms with Crippen LogP contribution in [0.4, 0.5) is 0 Å². The van der Waals surface area contributed by atoms with Crippen LogP contribution in [0.3, 0.4) is 0 Å². The summed E-state index contributed by atoms with van der Waals surface area (Å²) in [6.07, 6.45) is 7.75. The van der Waals surface area contributed by atoms with Crippen molar-refractivity contribution in [2.75, 3.05) is 7.05 Å². The molecular weight excluding hydrogens is 224 g/mol. The van der Waals surface area contributed by atoms with Crippen molar-refractivity contribution in [2.45, 2.75) is 25.8 Å². The van der Waals surface area contributed by atoms with E-state index in [0.29, 0.717) is 0 Å². The Morgan fingerprint density at radius 3 is 2.89 bits per heavy atom. The third-order valence-corrected chi connectivity index (χ3v) is 3.18. The zero-order valence-corrected chi connectivity index (χ0v) is 11.2. The Morgan fingerprint density at radius 2 is 2.28 bits per heavy atom. The average Bonchev–Trinajstić information content (AvgIpc) is 2.81. The summed E-state index contributed by atoms with van der Waals surface area (Å²) in [5, 5.41) is 7.56. The smallest absolute Gasteiger partial charge is 0.0608 e. The molecule has 0 bridgehead atoms. The summed E-state index contributed by atoms with van der Waals surface area (Å²) in [6.45, 7) is 2.16. The number of nitrogens with one attached hydrogen (secondary N) is 1. The molecule has 18 heavy (non-hydrogen) atoms. The molecule has 0 fully saturated rings. The van der Waals surface area contributed by atoms with Gasteiger partial charge in [0.25, 0.3) is 0 Å². The van der Waals surface area contributed by atoms with Crippen LogP contribution in [0, 0.1) is 0 Å². The number of aryl methyl sites for hydroxylation is 2. The highest BCUT2D eigenvalue weighted by atomic mass is 15.2. The number of hydrogen-bond donors (Lipinski definition) is 1. The number of hydrogen-bond acceptors (Lipinski definition) is 3. The number of pyridine rings is 1. The number of likely N-dealkylation sites (N-methyl/N-ethyl adjacent to an activating group) is 1. The Labute approximate surface area is 108 Å².